The Morgan fingerprint density at radius 2 is 1.62 bits per heavy atom. The molecule has 3 aromatic carbocycles. The smallest absolute Gasteiger partial charge is 0.337 e. The first-order valence-electron chi connectivity index (χ1n) is 9.37. The molecule has 1 unspecified atom stereocenters. The normalized spacial score (nSPS) is 11.7. The van der Waals surface area contributed by atoms with Crippen molar-refractivity contribution in [2.45, 2.75) is 24.3 Å². The predicted molar refractivity (Wildman–Crippen MR) is 115 cm³/mol. The quantitative estimate of drug-likeness (QED) is 0.512. The van der Waals surface area contributed by atoms with Crippen LogP contribution in [0.3, 0.4) is 0 Å². The monoisotopic (exact) mass is 408 g/mol. The van der Waals surface area contributed by atoms with E-state index >= 15 is 0 Å². The molecule has 0 aromatic heterocycles. The number of hydrogen-bond acceptors (Lipinski definition) is 4. The van der Waals surface area contributed by atoms with Gasteiger partial charge in [-0.1, -0.05) is 42.5 Å². The molecule has 0 aliphatic heterocycles. The van der Waals surface area contributed by atoms with E-state index < -0.39 is 10.8 Å². The lowest BCUT2D eigenvalue weighted by molar-refractivity contribution is 0.0600. The number of carbonyl (C=O) groups excluding carboxylic acids is 1. The lowest BCUT2D eigenvalue weighted by Gasteiger charge is -2.13. The molecule has 0 aliphatic carbocycles. The Hall–Kier alpha value is -2.92. The maximum absolute atomic E-state index is 11.9. The van der Waals surface area contributed by atoms with Gasteiger partial charge in [-0.15, -0.1) is 0 Å². The first kappa shape index (κ1) is 20.8. The number of carbonyl (C=O) groups is 1. The summed E-state index contributed by atoms with van der Waals surface area (Å²) in [4.78, 5) is 12.3. The highest BCUT2D eigenvalue weighted by Gasteiger charge is 2.09. The maximum Gasteiger partial charge on any atom is 0.337 e. The predicted octanol–water partition coefficient (Wildman–Crippen LogP) is 4.57. The molecule has 3 rings (SSSR count). The minimum atomic E-state index is -1.04. The number of esters is 1. The van der Waals surface area contributed by atoms with E-state index in [1.54, 1.807) is 18.4 Å². The molecule has 0 saturated carbocycles. The van der Waals surface area contributed by atoms with Crippen molar-refractivity contribution in [3.05, 3.63) is 95.1 Å². The summed E-state index contributed by atoms with van der Waals surface area (Å²) >= 11 is 0. The standard InChI is InChI=1S/C24H24O4S/c1-27-24(25)20-11-9-19(10-12-20)17-28-23-15-14-22(29(2)26)16-21(23)13-8-18-6-4-3-5-7-18/h3-7,9-12,14-16H,8,13,17H2,1-2H3. The van der Waals surface area contributed by atoms with Gasteiger partial charge in [0.05, 0.1) is 12.7 Å². The summed E-state index contributed by atoms with van der Waals surface area (Å²) in [7, 11) is 0.321. The third-order valence-corrected chi connectivity index (χ3v) is 5.58. The fourth-order valence-electron chi connectivity index (χ4n) is 3.01. The van der Waals surface area contributed by atoms with Crippen molar-refractivity contribution in [1.82, 2.24) is 0 Å². The molecule has 0 aliphatic rings. The van der Waals surface area contributed by atoms with Crippen LogP contribution >= 0.6 is 0 Å². The number of hydrogen-bond donors (Lipinski definition) is 0. The van der Waals surface area contributed by atoms with Crippen LogP contribution in [0.5, 0.6) is 5.75 Å². The fraction of sp³-hybridized carbons (Fsp3) is 0.208. The molecule has 0 saturated heterocycles. The SMILES string of the molecule is COC(=O)c1ccc(COc2ccc(S(C)=O)cc2CCc2ccccc2)cc1. The number of benzene rings is 3. The Kier molecular flexibility index (Phi) is 7.19. The Bertz CT molecular complexity index is 982. The second-order valence-electron chi connectivity index (χ2n) is 6.69. The van der Waals surface area contributed by atoms with E-state index in [0.717, 1.165) is 34.6 Å². The van der Waals surface area contributed by atoms with Crippen LogP contribution in [0.15, 0.2) is 77.7 Å². The summed E-state index contributed by atoms with van der Waals surface area (Å²) < 4.78 is 22.7. The molecule has 1 atom stereocenters. The van der Waals surface area contributed by atoms with E-state index in [1.165, 1.54) is 12.7 Å². The van der Waals surface area contributed by atoms with Crippen LogP contribution in [0.1, 0.15) is 27.0 Å². The molecule has 0 amide bonds. The minimum Gasteiger partial charge on any atom is -0.489 e. The van der Waals surface area contributed by atoms with Crippen molar-refractivity contribution in [1.29, 1.82) is 0 Å². The highest BCUT2D eigenvalue weighted by molar-refractivity contribution is 7.84. The Labute approximate surface area is 173 Å². The second-order valence-corrected chi connectivity index (χ2v) is 8.07. The summed E-state index contributed by atoms with van der Waals surface area (Å²) in [5.74, 6) is 0.427. The van der Waals surface area contributed by atoms with Crippen molar-refractivity contribution in [2.24, 2.45) is 0 Å². The number of rotatable bonds is 8. The lowest BCUT2D eigenvalue weighted by atomic mass is 10.0. The van der Waals surface area contributed by atoms with Crippen LogP contribution in [0, 0.1) is 0 Å². The molecular weight excluding hydrogens is 384 g/mol. The molecule has 5 heteroatoms. The largest absolute Gasteiger partial charge is 0.489 e. The topological polar surface area (TPSA) is 52.6 Å². The summed E-state index contributed by atoms with van der Waals surface area (Å²) in [5, 5.41) is 0. The second kappa shape index (κ2) is 10.0. The maximum atomic E-state index is 11.9. The highest BCUT2D eigenvalue weighted by atomic mass is 32.2. The summed E-state index contributed by atoms with van der Waals surface area (Å²) in [6.45, 7) is 0.383. The van der Waals surface area contributed by atoms with E-state index in [0.29, 0.717) is 12.2 Å². The number of aryl methyl sites for hydroxylation is 2. The molecule has 0 N–H and O–H groups in total. The Balaban J connectivity index is 1.73. The van der Waals surface area contributed by atoms with Crippen molar-refractivity contribution in [3.8, 4) is 5.75 Å². The van der Waals surface area contributed by atoms with E-state index in [2.05, 4.69) is 12.1 Å². The van der Waals surface area contributed by atoms with Gasteiger partial charge in [0.2, 0.25) is 0 Å². The fourth-order valence-corrected chi connectivity index (χ4v) is 3.58. The molecule has 0 spiro atoms. The van der Waals surface area contributed by atoms with Crippen LogP contribution in [-0.2, 0) is 35.0 Å². The highest BCUT2D eigenvalue weighted by Crippen LogP contribution is 2.25. The average Bonchev–Trinajstić information content (AvgIpc) is 2.77. The van der Waals surface area contributed by atoms with Crippen LogP contribution in [0.4, 0.5) is 0 Å². The average molecular weight is 409 g/mol. The Morgan fingerprint density at radius 1 is 0.897 bits per heavy atom. The number of methoxy groups -OCH3 is 1. The van der Waals surface area contributed by atoms with Gasteiger partial charge < -0.3 is 9.47 Å². The molecule has 0 bridgehead atoms. The zero-order valence-electron chi connectivity index (χ0n) is 16.6. The molecular formula is C24H24O4S. The third kappa shape index (κ3) is 5.78. The summed E-state index contributed by atoms with van der Waals surface area (Å²) in [6.07, 6.45) is 3.36. The molecule has 0 heterocycles. The Morgan fingerprint density at radius 3 is 2.28 bits per heavy atom. The van der Waals surface area contributed by atoms with Crippen LogP contribution < -0.4 is 4.74 Å². The van der Waals surface area contributed by atoms with Crippen molar-refractivity contribution in [2.75, 3.05) is 13.4 Å². The van der Waals surface area contributed by atoms with Gasteiger partial charge in [-0.05, 0) is 59.9 Å². The van der Waals surface area contributed by atoms with Crippen LogP contribution in [0.2, 0.25) is 0 Å². The van der Waals surface area contributed by atoms with Gasteiger partial charge in [0.25, 0.3) is 0 Å². The molecule has 0 radical (unpaired) electrons. The van der Waals surface area contributed by atoms with Gasteiger partial charge in [0.1, 0.15) is 12.4 Å². The van der Waals surface area contributed by atoms with E-state index in [4.69, 9.17) is 9.47 Å². The van der Waals surface area contributed by atoms with E-state index in [1.807, 2.05) is 48.5 Å². The van der Waals surface area contributed by atoms with Gasteiger partial charge in [0, 0.05) is 22.0 Å². The van der Waals surface area contributed by atoms with Gasteiger partial charge in [0.15, 0.2) is 0 Å². The van der Waals surface area contributed by atoms with Crippen molar-refractivity contribution in [3.63, 3.8) is 0 Å². The van der Waals surface area contributed by atoms with Crippen molar-refractivity contribution < 1.29 is 18.5 Å². The summed E-state index contributed by atoms with van der Waals surface area (Å²) in [5.41, 5.74) is 3.75. The van der Waals surface area contributed by atoms with Gasteiger partial charge in [-0.25, -0.2) is 4.79 Å². The number of ether oxygens (including phenoxy) is 2. The summed E-state index contributed by atoms with van der Waals surface area (Å²) in [6, 6.07) is 23.1. The van der Waals surface area contributed by atoms with Gasteiger partial charge in [-0.2, -0.15) is 0 Å². The lowest BCUT2D eigenvalue weighted by Crippen LogP contribution is -2.03. The third-order valence-electron chi connectivity index (χ3n) is 4.66. The van der Waals surface area contributed by atoms with Crippen molar-refractivity contribution >= 4 is 16.8 Å². The minimum absolute atomic E-state index is 0.358. The molecule has 4 nitrogen and oxygen atoms in total. The van der Waals surface area contributed by atoms with Gasteiger partial charge in [-0.3, -0.25) is 4.21 Å². The molecule has 29 heavy (non-hydrogen) atoms. The zero-order chi connectivity index (χ0) is 20.6. The van der Waals surface area contributed by atoms with Crippen LogP contribution in [-0.4, -0.2) is 23.5 Å². The van der Waals surface area contributed by atoms with E-state index in [9.17, 15) is 9.00 Å². The van der Waals surface area contributed by atoms with Crippen LogP contribution in [0.25, 0.3) is 0 Å². The first-order valence-corrected chi connectivity index (χ1v) is 10.9. The molecule has 3 aromatic rings. The molecule has 0 fully saturated rings. The van der Waals surface area contributed by atoms with Gasteiger partial charge >= 0.3 is 5.97 Å². The first-order chi connectivity index (χ1) is 14.1. The van der Waals surface area contributed by atoms with E-state index in [-0.39, 0.29) is 5.97 Å². The zero-order valence-corrected chi connectivity index (χ0v) is 17.4. The molecule has 150 valence electrons.